The molecule has 108 valence electrons. The van der Waals surface area contributed by atoms with Crippen molar-refractivity contribution >= 4 is 17.5 Å². The number of hydrogen-bond acceptors (Lipinski definition) is 7. The minimum atomic E-state index is -0.843. The molecule has 0 aromatic carbocycles. The fraction of sp³-hybridized carbons (Fsp3) is 0.545. The lowest BCUT2D eigenvalue weighted by Crippen LogP contribution is -2.19. The van der Waals surface area contributed by atoms with Gasteiger partial charge in [0.2, 0.25) is 5.82 Å². The van der Waals surface area contributed by atoms with Crippen molar-refractivity contribution in [3.8, 4) is 5.88 Å². The van der Waals surface area contributed by atoms with Crippen LogP contribution in [0, 0.1) is 16.0 Å². The molecule has 1 aromatic rings. The van der Waals surface area contributed by atoms with Crippen LogP contribution in [0.1, 0.15) is 19.3 Å². The predicted molar refractivity (Wildman–Crippen MR) is 67.6 cm³/mol. The lowest BCUT2D eigenvalue weighted by molar-refractivity contribution is -0.385. The van der Waals surface area contributed by atoms with Gasteiger partial charge in [-0.2, -0.15) is 4.98 Å². The predicted octanol–water partition coefficient (Wildman–Crippen LogP) is 1.06. The highest BCUT2D eigenvalue weighted by Gasteiger charge is 2.32. The summed E-state index contributed by atoms with van der Waals surface area (Å²) in [7, 11) is 1.29. The first-order chi connectivity index (χ1) is 9.52. The summed E-state index contributed by atoms with van der Waals surface area (Å²) < 4.78 is 4.84. The highest BCUT2D eigenvalue weighted by atomic mass is 16.6. The van der Waals surface area contributed by atoms with Gasteiger partial charge in [-0.1, -0.05) is 0 Å². The van der Waals surface area contributed by atoms with Gasteiger partial charge >= 0.3 is 11.7 Å². The summed E-state index contributed by atoms with van der Waals surface area (Å²) in [5.41, 5.74) is -0.339. The van der Waals surface area contributed by atoms with Crippen LogP contribution in [0.4, 0.5) is 11.5 Å². The minimum Gasteiger partial charge on any atom is -0.481 e. The van der Waals surface area contributed by atoms with Crippen LogP contribution in [-0.4, -0.2) is 39.1 Å². The molecule has 0 radical (unpaired) electrons. The Labute approximate surface area is 114 Å². The van der Waals surface area contributed by atoms with Gasteiger partial charge in [0.05, 0.1) is 18.0 Å². The van der Waals surface area contributed by atoms with E-state index in [-0.39, 0.29) is 23.4 Å². The van der Waals surface area contributed by atoms with E-state index in [0.29, 0.717) is 19.3 Å². The molecule has 1 aliphatic carbocycles. The Morgan fingerprint density at radius 3 is 2.85 bits per heavy atom. The third-order valence-corrected chi connectivity index (χ3v) is 3.29. The summed E-state index contributed by atoms with van der Waals surface area (Å²) in [4.78, 5) is 28.9. The molecule has 0 amide bonds. The molecule has 2 rings (SSSR count). The summed E-state index contributed by atoms with van der Waals surface area (Å²) in [6.07, 6.45) is 2.75. The van der Waals surface area contributed by atoms with Gasteiger partial charge in [0.25, 0.3) is 5.88 Å². The molecule has 0 aliphatic heterocycles. The van der Waals surface area contributed by atoms with E-state index < -0.39 is 16.8 Å². The number of carboxylic acids is 1. The van der Waals surface area contributed by atoms with Crippen LogP contribution in [-0.2, 0) is 4.79 Å². The lowest BCUT2D eigenvalue weighted by atomic mass is 10.1. The summed E-state index contributed by atoms with van der Waals surface area (Å²) in [6, 6.07) is -0.158. The van der Waals surface area contributed by atoms with E-state index in [9.17, 15) is 14.9 Å². The number of nitrogens with one attached hydrogen (secondary N) is 1. The topological polar surface area (TPSA) is 127 Å². The molecule has 1 aliphatic rings. The fourth-order valence-electron chi connectivity index (χ4n) is 2.31. The van der Waals surface area contributed by atoms with Gasteiger partial charge in [-0.25, -0.2) is 4.98 Å². The molecule has 0 saturated heterocycles. The van der Waals surface area contributed by atoms with Gasteiger partial charge in [0.1, 0.15) is 6.33 Å². The number of anilines is 1. The van der Waals surface area contributed by atoms with Gasteiger partial charge in [0, 0.05) is 6.04 Å². The third kappa shape index (κ3) is 2.76. The summed E-state index contributed by atoms with van der Waals surface area (Å²) in [5, 5.41) is 22.9. The average molecular weight is 282 g/mol. The van der Waals surface area contributed by atoms with Crippen molar-refractivity contribution in [2.24, 2.45) is 5.92 Å². The van der Waals surface area contributed by atoms with Crippen molar-refractivity contribution < 1.29 is 19.6 Å². The molecule has 0 bridgehead atoms. The van der Waals surface area contributed by atoms with Gasteiger partial charge in [-0.3, -0.25) is 14.9 Å². The number of aliphatic carboxylic acids is 1. The monoisotopic (exact) mass is 282 g/mol. The zero-order valence-corrected chi connectivity index (χ0v) is 10.8. The minimum absolute atomic E-state index is 0.0536. The largest absolute Gasteiger partial charge is 0.481 e. The van der Waals surface area contributed by atoms with Crippen molar-refractivity contribution in [2.45, 2.75) is 25.3 Å². The molecular weight excluding hydrogens is 268 g/mol. The number of ether oxygens (including phenoxy) is 1. The zero-order valence-electron chi connectivity index (χ0n) is 10.8. The van der Waals surface area contributed by atoms with Gasteiger partial charge in [-0.15, -0.1) is 0 Å². The third-order valence-electron chi connectivity index (χ3n) is 3.29. The van der Waals surface area contributed by atoms with Gasteiger partial charge in [-0.05, 0) is 19.3 Å². The summed E-state index contributed by atoms with van der Waals surface area (Å²) >= 11 is 0. The molecule has 2 atom stereocenters. The Bertz CT molecular complexity index is 536. The molecule has 2 unspecified atom stereocenters. The Hall–Kier alpha value is -2.45. The maximum atomic E-state index is 11.1. The van der Waals surface area contributed by atoms with Crippen LogP contribution in [0.3, 0.4) is 0 Å². The standard InChI is InChI=1S/C11H14N4O5/c1-20-10-8(15(18)19)9(12-5-13-10)14-7-3-2-6(4-7)11(16)17/h5-7H,2-4H2,1H3,(H,16,17)(H,12,13,14). The molecular formula is C11H14N4O5. The van der Waals surface area contributed by atoms with Crippen molar-refractivity contribution in [3.63, 3.8) is 0 Å². The highest BCUT2D eigenvalue weighted by molar-refractivity contribution is 5.70. The number of nitrogens with zero attached hydrogens (tertiary/aromatic N) is 3. The smallest absolute Gasteiger partial charge is 0.372 e. The highest BCUT2D eigenvalue weighted by Crippen LogP contribution is 2.34. The lowest BCUT2D eigenvalue weighted by Gasteiger charge is -2.13. The molecule has 20 heavy (non-hydrogen) atoms. The second kappa shape index (κ2) is 5.68. The van der Waals surface area contributed by atoms with E-state index in [1.165, 1.54) is 7.11 Å². The van der Waals surface area contributed by atoms with E-state index >= 15 is 0 Å². The van der Waals surface area contributed by atoms with Gasteiger partial charge in [0.15, 0.2) is 0 Å². The van der Waals surface area contributed by atoms with Crippen molar-refractivity contribution in [1.29, 1.82) is 0 Å². The first kappa shape index (κ1) is 14.0. The Kier molecular flexibility index (Phi) is 3.97. The Balaban J connectivity index is 2.18. The molecule has 2 N–H and O–H groups in total. The van der Waals surface area contributed by atoms with E-state index in [1.54, 1.807) is 0 Å². The van der Waals surface area contributed by atoms with Crippen LogP contribution in [0.5, 0.6) is 5.88 Å². The normalized spacial score (nSPS) is 21.4. The van der Waals surface area contributed by atoms with E-state index in [0.717, 1.165) is 6.33 Å². The first-order valence-corrected chi connectivity index (χ1v) is 6.05. The summed E-state index contributed by atoms with van der Waals surface area (Å²) in [6.45, 7) is 0. The maximum Gasteiger partial charge on any atom is 0.372 e. The maximum absolute atomic E-state index is 11.1. The number of hydrogen-bond donors (Lipinski definition) is 2. The number of rotatable bonds is 5. The second-order valence-corrected chi connectivity index (χ2v) is 4.53. The molecule has 9 heteroatoms. The number of nitro groups is 1. The zero-order chi connectivity index (χ0) is 14.7. The van der Waals surface area contributed by atoms with Crippen LogP contribution in [0.15, 0.2) is 6.33 Å². The van der Waals surface area contributed by atoms with Crippen LogP contribution >= 0.6 is 0 Å². The molecule has 1 fully saturated rings. The van der Waals surface area contributed by atoms with E-state index in [1.807, 2.05) is 0 Å². The Morgan fingerprint density at radius 1 is 1.55 bits per heavy atom. The fourth-order valence-corrected chi connectivity index (χ4v) is 2.31. The van der Waals surface area contributed by atoms with E-state index in [4.69, 9.17) is 9.84 Å². The average Bonchev–Trinajstić information content (AvgIpc) is 2.86. The van der Waals surface area contributed by atoms with E-state index in [2.05, 4.69) is 15.3 Å². The number of methoxy groups -OCH3 is 1. The molecule has 9 nitrogen and oxygen atoms in total. The van der Waals surface area contributed by atoms with Crippen LogP contribution < -0.4 is 10.1 Å². The van der Waals surface area contributed by atoms with Crippen LogP contribution in [0.2, 0.25) is 0 Å². The number of carboxylic acid groups (broad SMARTS) is 1. The van der Waals surface area contributed by atoms with Crippen molar-refractivity contribution in [1.82, 2.24) is 9.97 Å². The van der Waals surface area contributed by atoms with Gasteiger partial charge < -0.3 is 15.2 Å². The van der Waals surface area contributed by atoms with Crippen LogP contribution in [0.25, 0.3) is 0 Å². The second-order valence-electron chi connectivity index (χ2n) is 4.53. The first-order valence-electron chi connectivity index (χ1n) is 6.05. The molecule has 0 spiro atoms. The molecule has 1 aromatic heterocycles. The van der Waals surface area contributed by atoms with Crippen molar-refractivity contribution in [3.05, 3.63) is 16.4 Å². The van der Waals surface area contributed by atoms with Crippen molar-refractivity contribution in [2.75, 3.05) is 12.4 Å². The quantitative estimate of drug-likeness (QED) is 0.606. The Morgan fingerprint density at radius 2 is 2.30 bits per heavy atom. The number of aromatic nitrogens is 2. The SMILES string of the molecule is COc1ncnc(NC2CCC(C(=O)O)C2)c1[N+](=O)[O-]. The molecule has 1 saturated carbocycles. The molecule has 1 heterocycles. The number of carbonyl (C=O) groups is 1. The summed E-state index contributed by atoms with van der Waals surface area (Å²) in [5.74, 6) is -1.34.